The molecule has 1 amide bonds. The predicted octanol–water partition coefficient (Wildman–Crippen LogP) is 3.32. The first-order valence-electron chi connectivity index (χ1n) is 8.08. The highest BCUT2D eigenvalue weighted by molar-refractivity contribution is 7.99. The molecule has 1 N–H and O–H groups in total. The lowest BCUT2D eigenvalue weighted by Crippen LogP contribution is -2.19. The molecule has 0 fully saturated rings. The standard InChI is InChI=1S/C16H15F3N6O2S/c1-10-8-12(24-27-10)21-13(26)4-7-28-15-23-22-14(11-2-5-20-6-3-11)25(15)9-16(17,18)19/h2-3,5-6,8H,4,7,9H2,1H3,(H,21,24,26). The molecule has 0 saturated heterocycles. The number of hydrogen-bond donors (Lipinski definition) is 1. The molecule has 0 aliphatic heterocycles. The van der Waals surface area contributed by atoms with Gasteiger partial charge in [0.15, 0.2) is 16.8 Å². The number of hydrogen-bond acceptors (Lipinski definition) is 7. The topological polar surface area (TPSA) is 98.7 Å². The number of nitrogens with zero attached hydrogens (tertiary/aromatic N) is 5. The van der Waals surface area contributed by atoms with E-state index in [-0.39, 0.29) is 34.9 Å². The van der Waals surface area contributed by atoms with Gasteiger partial charge in [0.25, 0.3) is 0 Å². The van der Waals surface area contributed by atoms with E-state index in [9.17, 15) is 18.0 Å². The molecule has 0 unspecified atom stereocenters. The van der Waals surface area contributed by atoms with Crippen molar-refractivity contribution < 1.29 is 22.5 Å². The van der Waals surface area contributed by atoms with Gasteiger partial charge < -0.3 is 9.84 Å². The van der Waals surface area contributed by atoms with Crippen LogP contribution in [0, 0.1) is 6.92 Å². The Morgan fingerprint density at radius 1 is 1.29 bits per heavy atom. The summed E-state index contributed by atoms with van der Waals surface area (Å²) >= 11 is 1.02. The average Bonchev–Trinajstić information content (AvgIpc) is 3.21. The largest absolute Gasteiger partial charge is 0.406 e. The van der Waals surface area contributed by atoms with Crippen LogP contribution >= 0.6 is 11.8 Å². The summed E-state index contributed by atoms with van der Waals surface area (Å²) in [6.45, 7) is 0.455. The van der Waals surface area contributed by atoms with Crippen LogP contribution in [0.5, 0.6) is 0 Å². The number of carbonyl (C=O) groups is 1. The number of rotatable bonds is 7. The summed E-state index contributed by atoms with van der Waals surface area (Å²) in [6.07, 6.45) is -1.46. The fraction of sp³-hybridized carbons (Fsp3) is 0.312. The molecule has 3 aromatic rings. The van der Waals surface area contributed by atoms with Crippen molar-refractivity contribution in [3.63, 3.8) is 0 Å². The van der Waals surface area contributed by atoms with Crippen LogP contribution in [0.3, 0.4) is 0 Å². The van der Waals surface area contributed by atoms with E-state index in [1.54, 1.807) is 25.1 Å². The van der Waals surface area contributed by atoms with E-state index in [1.807, 2.05) is 0 Å². The predicted molar refractivity (Wildman–Crippen MR) is 94.5 cm³/mol. The summed E-state index contributed by atoms with van der Waals surface area (Å²) < 4.78 is 44.9. The molecule has 28 heavy (non-hydrogen) atoms. The van der Waals surface area contributed by atoms with Crippen molar-refractivity contribution in [1.29, 1.82) is 0 Å². The van der Waals surface area contributed by atoms with Crippen LogP contribution in [0.4, 0.5) is 19.0 Å². The molecule has 0 spiro atoms. The van der Waals surface area contributed by atoms with E-state index in [0.717, 1.165) is 16.3 Å². The number of alkyl halides is 3. The van der Waals surface area contributed by atoms with E-state index >= 15 is 0 Å². The van der Waals surface area contributed by atoms with Gasteiger partial charge in [-0.05, 0) is 19.1 Å². The summed E-state index contributed by atoms with van der Waals surface area (Å²) in [6, 6.07) is 4.67. The third-order valence-corrected chi connectivity index (χ3v) is 4.42. The van der Waals surface area contributed by atoms with Crippen molar-refractivity contribution in [1.82, 2.24) is 24.9 Å². The molecule has 12 heteroatoms. The molecule has 0 saturated carbocycles. The lowest BCUT2D eigenvalue weighted by molar-refractivity contribution is -0.141. The quantitative estimate of drug-likeness (QED) is 0.595. The Morgan fingerprint density at radius 3 is 2.68 bits per heavy atom. The molecule has 0 aromatic carbocycles. The highest BCUT2D eigenvalue weighted by Crippen LogP contribution is 2.28. The number of thioether (sulfide) groups is 1. The van der Waals surface area contributed by atoms with Crippen LogP contribution in [0.25, 0.3) is 11.4 Å². The molecular formula is C16H15F3N6O2S. The zero-order chi connectivity index (χ0) is 20.1. The van der Waals surface area contributed by atoms with E-state index in [2.05, 4.69) is 25.7 Å². The maximum absolute atomic E-state index is 13.0. The number of anilines is 1. The number of halogens is 3. The van der Waals surface area contributed by atoms with Crippen LogP contribution in [0.15, 0.2) is 40.3 Å². The fourth-order valence-corrected chi connectivity index (χ4v) is 3.17. The van der Waals surface area contributed by atoms with Crippen molar-refractivity contribution in [2.24, 2.45) is 0 Å². The van der Waals surface area contributed by atoms with Crippen molar-refractivity contribution >= 4 is 23.5 Å². The van der Waals surface area contributed by atoms with Crippen LogP contribution in [-0.2, 0) is 11.3 Å². The molecule has 8 nitrogen and oxygen atoms in total. The number of amides is 1. The van der Waals surface area contributed by atoms with Gasteiger partial charge in [-0.25, -0.2) is 0 Å². The molecule has 3 heterocycles. The second-order valence-corrected chi connectivity index (χ2v) is 6.77. The number of aromatic nitrogens is 5. The minimum Gasteiger partial charge on any atom is -0.360 e. The number of aryl methyl sites for hydroxylation is 1. The second kappa shape index (κ2) is 8.42. The zero-order valence-corrected chi connectivity index (χ0v) is 15.4. The molecule has 3 rings (SSSR count). The summed E-state index contributed by atoms with van der Waals surface area (Å²) in [5.41, 5.74) is 0.470. The zero-order valence-electron chi connectivity index (χ0n) is 14.6. The third-order valence-electron chi connectivity index (χ3n) is 3.45. The second-order valence-electron chi connectivity index (χ2n) is 5.71. The average molecular weight is 412 g/mol. The van der Waals surface area contributed by atoms with E-state index in [0.29, 0.717) is 11.3 Å². The molecule has 0 bridgehead atoms. The Balaban J connectivity index is 1.67. The highest BCUT2D eigenvalue weighted by atomic mass is 32.2. The normalized spacial score (nSPS) is 11.6. The Kier molecular flexibility index (Phi) is 5.97. The maximum Gasteiger partial charge on any atom is 0.406 e. The first-order valence-corrected chi connectivity index (χ1v) is 9.07. The van der Waals surface area contributed by atoms with Gasteiger partial charge in [-0.1, -0.05) is 16.9 Å². The minimum absolute atomic E-state index is 0.0556. The van der Waals surface area contributed by atoms with Gasteiger partial charge in [-0.3, -0.25) is 14.3 Å². The first kappa shape index (κ1) is 19.9. The van der Waals surface area contributed by atoms with Gasteiger partial charge in [0.2, 0.25) is 5.91 Å². The smallest absolute Gasteiger partial charge is 0.360 e. The molecule has 3 aromatic heterocycles. The number of pyridine rings is 1. The number of carbonyl (C=O) groups excluding carboxylic acids is 1. The van der Waals surface area contributed by atoms with Gasteiger partial charge >= 0.3 is 6.18 Å². The van der Waals surface area contributed by atoms with E-state index in [4.69, 9.17) is 4.52 Å². The fourth-order valence-electron chi connectivity index (χ4n) is 2.30. The SMILES string of the molecule is Cc1cc(NC(=O)CCSc2nnc(-c3ccncc3)n2CC(F)(F)F)no1. The third kappa shape index (κ3) is 5.31. The Bertz CT molecular complexity index is 942. The first-order chi connectivity index (χ1) is 13.3. The molecule has 0 atom stereocenters. The van der Waals surface area contributed by atoms with Crippen molar-refractivity contribution in [3.05, 3.63) is 36.4 Å². The Morgan fingerprint density at radius 2 is 2.04 bits per heavy atom. The van der Waals surface area contributed by atoms with Gasteiger partial charge in [-0.15, -0.1) is 10.2 Å². The lowest BCUT2D eigenvalue weighted by Gasteiger charge is -2.12. The van der Waals surface area contributed by atoms with Gasteiger partial charge in [-0.2, -0.15) is 13.2 Å². The summed E-state index contributed by atoms with van der Waals surface area (Å²) in [5, 5.41) is 14.0. The van der Waals surface area contributed by atoms with Gasteiger partial charge in [0, 0.05) is 36.2 Å². The Hall–Kier alpha value is -2.89. The van der Waals surface area contributed by atoms with Gasteiger partial charge in [0.1, 0.15) is 12.3 Å². The van der Waals surface area contributed by atoms with Crippen molar-refractivity contribution in [2.75, 3.05) is 11.1 Å². The lowest BCUT2D eigenvalue weighted by atomic mass is 10.2. The summed E-state index contributed by atoms with van der Waals surface area (Å²) in [5.74, 6) is 0.803. The summed E-state index contributed by atoms with van der Waals surface area (Å²) in [4.78, 5) is 15.8. The molecule has 148 valence electrons. The van der Waals surface area contributed by atoms with Crippen LogP contribution in [0.2, 0.25) is 0 Å². The van der Waals surface area contributed by atoms with Crippen LogP contribution in [-0.4, -0.2) is 42.7 Å². The van der Waals surface area contributed by atoms with Crippen LogP contribution in [0.1, 0.15) is 12.2 Å². The maximum atomic E-state index is 13.0. The molecular weight excluding hydrogens is 397 g/mol. The minimum atomic E-state index is -4.44. The Labute approximate surface area is 161 Å². The number of nitrogens with one attached hydrogen (secondary N) is 1. The highest BCUT2D eigenvalue weighted by Gasteiger charge is 2.31. The van der Waals surface area contributed by atoms with Gasteiger partial charge in [0.05, 0.1) is 0 Å². The van der Waals surface area contributed by atoms with Crippen LogP contribution < -0.4 is 5.32 Å². The van der Waals surface area contributed by atoms with Crippen molar-refractivity contribution in [2.45, 2.75) is 31.2 Å². The monoisotopic (exact) mass is 412 g/mol. The molecule has 0 aliphatic rings. The molecule has 0 radical (unpaired) electrons. The van der Waals surface area contributed by atoms with E-state index in [1.165, 1.54) is 12.4 Å². The molecule has 0 aliphatic carbocycles. The van der Waals surface area contributed by atoms with E-state index < -0.39 is 12.7 Å². The summed E-state index contributed by atoms with van der Waals surface area (Å²) in [7, 11) is 0. The van der Waals surface area contributed by atoms with Crippen molar-refractivity contribution in [3.8, 4) is 11.4 Å².